The SMILES string of the molecule is COc1cc(Nc2c(C#N)cnc3cc(-c4ccc(CNCCS(=O)(=O)c5ccccc5)o4)ccc23)c(Cl)cc1Cl. The fourth-order valence-corrected chi connectivity index (χ4v) is 6.00. The second-order valence-corrected chi connectivity index (χ2v) is 12.0. The van der Waals surface area contributed by atoms with E-state index in [9.17, 15) is 13.7 Å². The third-order valence-corrected chi connectivity index (χ3v) is 8.73. The lowest BCUT2D eigenvalue weighted by Gasteiger charge is -2.15. The lowest BCUT2D eigenvalue weighted by molar-refractivity contribution is 0.415. The number of hydrogen-bond acceptors (Lipinski definition) is 8. The van der Waals surface area contributed by atoms with Gasteiger partial charge in [-0.3, -0.25) is 4.98 Å². The molecule has 41 heavy (non-hydrogen) atoms. The molecular formula is C30H24Cl2N4O4S. The fraction of sp³-hybridized carbons (Fsp3) is 0.133. The summed E-state index contributed by atoms with van der Waals surface area (Å²) < 4.78 is 36.2. The Hall–Kier alpha value is -4.07. The number of nitriles is 1. The van der Waals surface area contributed by atoms with Crippen LogP contribution in [0, 0.1) is 11.3 Å². The molecule has 3 aromatic carbocycles. The number of furan rings is 1. The number of hydrogen-bond donors (Lipinski definition) is 2. The van der Waals surface area contributed by atoms with Crippen LogP contribution in [0.3, 0.4) is 0 Å². The number of nitrogens with zero attached hydrogens (tertiary/aromatic N) is 2. The number of pyridine rings is 1. The van der Waals surface area contributed by atoms with E-state index >= 15 is 0 Å². The van der Waals surface area contributed by atoms with Gasteiger partial charge in [-0.1, -0.05) is 47.5 Å². The van der Waals surface area contributed by atoms with Gasteiger partial charge in [0.05, 0.1) is 56.8 Å². The summed E-state index contributed by atoms with van der Waals surface area (Å²) >= 11 is 12.6. The van der Waals surface area contributed by atoms with Gasteiger partial charge in [0.25, 0.3) is 0 Å². The second kappa shape index (κ2) is 12.2. The molecule has 2 aromatic heterocycles. The molecule has 0 amide bonds. The normalized spacial score (nSPS) is 11.4. The number of sulfone groups is 1. The maximum atomic E-state index is 12.5. The first-order valence-corrected chi connectivity index (χ1v) is 14.9. The van der Waals surface area contributed by atoms with Crippen molar-refractivity contribution in [2.75, 3.05) is 24.7 Å². The van der Waals surface area contributed by atoms with E-state index in [0.717, 1.165) is 5.56 Å². The third-order valence-electron chi connectivity index (χ3n) is 6.39. The molecule has 5 rings (SSSR count). The molecule has 8 nitrogen and oxygen atoms in total. The van der Waals surface area contributed by atoms with E-state index in [0.29, 0.717) is 66.6 Å². The minimum Gasteiger partial charge on any atom is -0.495 e. The summed E-state index contributed by atoms with van der Waals surface area (Å²) in [6.45, 7) is 0.661. The highest BCUT2D eigenvalue weighted by Gasteiger charge is 2.16. The molecule has 0 aliphatic heterocycles. The Bertz CT molecular complexity index is 1870. The minimum atomic E-state index is -3.35. The van der Waals surface area contributed by atoms with Crippen molar-refractivity contribution < 1.29 is 17.6 Å². The van der Waals surface area contributed by atoms with Crippen molar-refractivity contribution in [3.05, 3.63) is 100 Å². The first-order chi connectivity index (χ1) is 19.8. The first-order valence-electron chi connectivity index (χ1n) is 12.5. The summed E-state index contributed by atoms with van der Waals surface area (Å²) in [5, 5.41) is 17.6. The van der Waals surface area contributed by atoms with Crippen LogP contribution in [-0.2, 0) is 16.4 Å². The molecule has 0 aliphatic carbocycles. The van der Waals surface area contributed by atoms with Gasteiger partial charge < -0.3 is 19.8 Å². The van der Waals surface area contributed by atoms with E-state index in [1.54, 1.807) is 42.5 Å². The quantitative estimate of drug-likeness (QED) is 0.163. The Labute approximate surface area is 247 Å². The Morgan fingerprint density at radius 3 is 2.59 bits per heavy atom. The average molecular weight is 608 g/mol. The van der Waals surface area contributed by atoms with Crippen LogP contribution in [0.4, 0.5) is 11.4 Å². The largest absolute Gasteiger partial charge is 0.495 e. The standard InChI is InChI=1S/C30H24Cl2N4O4S/c1-39-29-15-27(24(31)14-25(29)32)36-30-20(16-33)17-35-26-13-19(7-9-23(26)30)28-10-8-21(40-28)18-34-11-12-41(37,38)22-5-3-2-4-6-22/h2-10,13-15,17,34H,11-12,18H2,1H3,(H,35,36). The van der Waals surface area contributed by atoms with Crippen molar-refractivity contribution in [2.24, 2.45) is 0 Å². The number of aromatic nitrogens is 1. The number of rotatable bonds is 10. The predicted molar refractivity (Wildman–Crippen MR) is 161 cm³/mol. The average Bonchev–Trinajstić information content (AvgIpc) is 3.46. The van der Waals surface area contributed by atoms with Crippen molar-refractivity contribution in [1.29, 1.82) is 5.26 Å². The Kier molecular flexibility index (Phi) is 8.47. The molecule has 2 heterocycles. The molecular weight excluding hydrogens is 583 g/mol. The van der Waals surface area contributed by atoms with Gasteiger partial charge in [-0.15, -0.1) is 0 Å². The number of benzene rings is 3. The molecule has 0 saturated heterocycles. The van der Waals surface area contributed by atoms with E-state index < -0.39 is 9.84 Å². The summed E-state index contributed by atoms with van der Waals surface area (Å²) in [6.07, 6.45) is 1.50. The van der Waals surface area contributed by atoms with Gasteiger partial charge >= 0.3 is 0 Å². The smallest absolute Gasteiger partial charge is 0.179 e. The molecule has 0 spiro atoms. The second-order valence-electron chi connectivity index (χ2n) is 9.06. The van der Waals surface area contributed by atoms with Gasteiger partial charge in [0.2, 0.25) is 0 Å². The van der Waals surface area contributed by atoms with Crippen LogP contribution in [0.5, 0.6) is 5.75 Å². The molecule has 0 atom stereocenters. The van der Waals surface area contributed by atoms with Crippen molar-refractivity contribution in [2.45, 2.75) is 11.4 Å². The first kappa shape index (κ1) is 28.5. The van der Waals surface area contributed by atoms with Crippen LogP contribution in [0.1, 0.15) is 11.3 Å². The molecule has 208 valence electrons. The molecule has 0 unspecified atom stereocenters. The highest BCUT2D eigenvalue weighted by Crippen LogP contribution is 2.38. The topological polar surface area (TPSA) is 117 Å². The summed E-state index contributed by atoms with van der Waals surface area (Å²) in [5.74, 6) is 1.72. The van der Waals surface area contributed by atoms with E-state index in [-0.39, 0.29) is 12.3 Å². The van der Waals surface area contributed by atoms with Gasteiger partial charge in [-0.2, -0.15) is 5.26 Å². The van der Waals surface area contributed by atoms with Gasteiger partial charge in [0, 0.05) is 29.8 Å². The van der Waals surface area contributed by atoms with Crippen molar-refractivity contribution in [3.63, 3.8) is 0 Å². The highest BCUT2D eigenvalue weighted by atomic mass is 35.5. The van der Waals surface area contributed by atoms with Crippen LogP contribution in [0.2, 0.25) is 10.0 Å². The van der Waals surface area contributed by atoms with Gasteiger partial charge in [0.15, 0.2) is 9.84 Å². The zero-order valence-electron chi connectivity index (χ0n) is 21.8. The van der Waals surface area contributed by atoms with Gasteiger partial charge in [-0.05, 0) is 42.5 Å². The van der Waals surface area contributed by atoms with Crippen molar-refractivity contribution in [1.82, 2.24) is 10.3 Å². The summed E-state index contributed by atoms with van der Waals surface area (Å²) in [4.78, 5) is 4.78. The van der Waals surface area contributed by atoms with E-state index in [1.165, 1.54) is 13.3 Å². The third kappa shape index (κ3) is 6.32. The van der Waals surface area contributed by atoms with Crippen LogP contribution in [-0.4, -0.2) is 32.8 Å². The van der Waals surface area contributed by atoms with Crippen LogP contribution in [0.15, 0.2) is 88.3 Å². The molecule has 0 saturated carbocycles. The zero-order chi connectivity index (χ0) is 29.0. The van der Waals surface area contributed by atoms with Gasteiger partial charge in [-0.25, -0.2) is 8.42 Å². The van der Waals surface area contributed by atoms with Crippen molar-refractivity contribution >= 4 is 55.3 Å². The zero-order valence-corrected chi connectivity index (χ0v) is 24.1. The Morgan fingerprint density at radius 1 is 1.02 bits per heavy atom. The molecule has 11 heteroatoms. The van der Waals surface area contributed by atoms with Crippen LogP contribution in [0.25, 0.3) is 22.2 Å². The van der Waals surface area contributed by atoms with Crippen LogP contribution >= 0.6 is 23.2 Å². The highest BCUT2D eigenvalue weighted by molar-refractivity contribution is 7.91. The monoisotopic (exact) mass is 606 g/mol. The summed E-state index contributed by atoms with van der Waals surface area (Å²) in [6, 6.07) is 23.1. The number of halogens is 2. The fourth-order valence-electron chi connectivity index (χ4n) is 4.27. The molecule has 0 fully saturated rings. The Morgan fingerprint density at radius 2 is 1.83 bits per heavy atom. The molecule has 5 aromatic rings. The minimum absolute atomic E-state index is 0.0179. The van der Waals surface area contributed by atoms with Crippen LogP contribution < -0.4 is 15.4 Å². The maximum Gasteiger partial charge on any atom is 0.179 e. The summed E-state index contributed by atoms with van der Waals surface area (Å²) in [5.41, 5.74) is 2.86. The maximum absolute atomic E-state index is 12.5. The number of ether oxygens (including phenoxy) is 1. The lowest BCUT2D eigenvalue weighted by Crippen LogP contribution is -2.22. The molecule has 0 aliphatic rings. The van der Waals surface area contributed by atoms with E-state index in [2.05, 4.69) is 21.7 Å². The number of anilines is 2. The summed E-state index contributed by atoms with van der Waals surface area (Å²) in [7, 11) is -1.85. The van der Waals surface area contributed by atoms with E-state index in [1.807, 2.05) is 30.3 Å². The Balaban J connectivity index is 1.32. The van der Waals surface area contributed by atoms with Gasteiger partial charge in [0.1, 0.15) is 23.3 Å². The van der Waals surface area contributed by atoms with E-state index in [4.69, 9.17) is 32.4 Å². The molecule has 2 N–H and O–H groups in total. The van der Waals surface area contributed by atoms with Crippen molar-refractivity contribution in [3.8, 4) is 23.1 Å². The lowest BCUT2D eigenvalue weighted by atomic mass is 10.1. The number of fused-ring (bicyclic) bond motifs is 1. The number of methoxy groups -OCH3 is 1. The molecule has 0 radical (unpaired) electrons. The predicted octanol–water partition coefficient (Wildman–Crippen LogP) is 6.99. The molecule has 0 bridgehead atoms. The number of nitrogens with one attached hydrogen (secondary N) is 2.